The SMILES string of the molecule is CC(Nc1ccc(F)cc1)C(=O)N/N=C/c1ccc(C(C)C)cc1. The van der Waals surface area contributed by atoms with Gasteiger partial charge in [-0.15, -0.1) is 0 Å². The first kappa shape index (κ1) is 17.7. The number of nitrogens with one attached hydrogen (secondary N) is 2. The van der Waals surface area contributed by atoms with Crippen LogP contribution in [-0.4, -0.2) is 18.2 Å². The Labute approximate surface area is 141 Å². The van der Waals surface area contributed by atoms with Crippen LogP contribution in [0.15, 0.2) is 53.6 Å². The van der Waals surface area contributed by atoms with Crippen LogP contribution in [0.1, 0.15) is 37.8 Å². The maximum absolute atomic E-state index is 12.9. The van der Waals surface area contributed by atoms with E-state index in [0.29, 0.717) is 11.6 Å². The highest BCUT2D eigenvalue weighted by atomic mass is 19.1. The summed E-state index contributed by atoms with van der Waals surface area (Å²) in [6, 6.07) is 13.4. The van der Waals surface area contributed by atoms with Crippen molar-refractivity contribution < 1.29 is 9.18 Å². The zero-order chi connectivity index (χ0) is 17.5. The van der Waals surface area contributed by atoms with Crippen molar-refractivity contribution in [2.75, 3.05) is 5.32 Å². The van der Waals surface area contributed by atoms with E-state index in [0.717, 1.165) is 5.56 Å². The second kappa shape index (κ2) is 8.24. The number of hydrogen-bond donors (Lipinski definition) is 2. The number of nitrogens with zero attached hydrogens (tertiary/aromatic N) is 1. The predicted octanol–water partition coefficient (Wildman–Crippen LogP) is 3.90. The quantitative estimate of drug-likeness (QED) is 0.624. The van der Waals surface area contributed by atoms with Gasteiger partial charge in [0.05, 0.1) is 6.21 Å². The topological polar surface area (TPSA) is 53.5 Å². The van der Waals surface area contributed by atoms with E-state index >= 15 is 0 Å². The van der Waals surface area contributed by atoms with Crippen molar-refractivity contribution in [2.24, 2.45) is 5.10 Å². The van der Waals surface area contributed by atoms with E-state index in [4.69, 9.17) is 0 Å². The van der Waals surface area contributed by atoms with Crippen LogP contribution in [0.2, 0.25) is 0 Å². The molecular weight excluding hydrogens is 305 g/mol. The van der Waals surface area contributed by atoms with Crippen molar-refractivity contribution in [3.05, 3.63) is 65.5 Å². The lowest BCUT2D eigenvalue weighted by atomic mass is 10.0. The van der Waals surface area contributed by atoms with Crippen LogP contribution >= 0.6 is 0 Å². The minimum Gasteiger partial charge on any atom is -0.374 e. The molecule has 0 aliphatic rings. The molecule has 0 bridgehead atoms. The Morgan fingerprint density at radius 3 is 2.25 bits per heavy atom. The molecule has 2 aromatic rings. The molecule has 2 N–H and O–H groups in total. The first-order valence-corrected chi connectivity index (χ1v) is 7.90. The number of carbonyl (C=O) groups is 1. The van der Waals surface area contributed by atoms with Gasteiger partial charge in [0, 0.05) is 5.69 Å². The molecule has 1 amide bonds. The molecule has 1 unspecified atom stereocenters. The summed E-state index contributed by atoms with van der Waals surface area (Å²) in [5.41, 5.74) is 5.34. The third kappa shape index (κ3) is 5.19. The van der Waals surface area contributed by atoms with Gasteiger partial charge in [0.25, 0.3) is 5.91 Å². The Balaban J connectivity index is 1.86. The minimum atomic E-state index is -0.490. The Kier molecular flexibility index (Phi) is 6.07. The van der Waals surface area contributed by atoms with Gasteiger partial charge >= 0.3 is 0 Å². The zero-order valence-corrected chi connectivity index (χ0v) is 14.1. The van der Waals surface area contributed by atoms with Crippen molar-refractivity contribution in [3.63, 3.8) is 0 Å². The lowest BCUT2D eigenvalue weighted by Gasteiger charge is -2.13. The molecule has 0 heterocycles. The molecule has 0 aromatic heterocycles. The van der Waals surface area contributed by atoms with Gasteiger partial charge in [0.2, 0.25) is 0 Å². The maximum Gasteiger partial charge on any atom is 0.262 e. The number of halogens is 1. The van der Waals surface area contributed by atoms with Crippen LogP contribution in [0, 0.1) is 5.82 Å². The first-order chi connectivity index (χ1) is 11.5. The third-order valence-electron chi connectivity index (χ3n) is 3.61. The largest absolute Gasteiger partial charge is 0.374 e. The smallest absolute Gasteiger partial charge is 0.262 e. The van der Waals surface area contributed by atoms with Crippen LogP contribution in [0.3, 0.4) is 0 Å². The molecule has 24 heavy (non-hydrogen) atoms. The van der Waals surface area contributed by atoms with E-state index in [1.54, 1.807) is 25.3 Å². The van der Waals surface area contributed by atoms with Crippen LogP contribution in [0.5, 0.6) is 0 Å². The second-order valence-electron chi connectivity index (χ2n) is 5.93. The molecule has 0 aliphatic carbocycles. The van der Waals surface area contributed by atoms with Crippen LogP contribution in [0.4, 0.5) is 10.1 Å². The number of carbonyl (C=O) groups excluding carboxylic acids is 1. The van der Waals surface area contributed by atoms with E-state index in [-0.39, 0.29) is 11.7 Å². The fourth-order valence-corrected chi connectivity index (χ4v) is 2.10. The molecule has 2 aromatic carbocycles. The van der Waals surface area contributed by atoms with Gasteiger partial charge in [-0.1, -0.05) is 38.1 Å². The van der Waals surface area contributed by atoms with Crippen molar-refractivity contribution >= 4 is 17.8 Å². The standard InChI is InChI=1S/C19H22FN3O/c1-13(2)16-6-4-15(5-7-16)12-21-23-19(24)14(3)22-18-10-8-17(20)9-11-18/h4-14,22H,1-3H3,(H,23,24)/b21-12+. The summed E-state index contributed by atoms with van der Waals surface area (Å²) in [4.78, 5) is 12.0. The molecular formula is C19H22FN3O. The van der Waals surface area contributed by atoms with Crippen molar-refractivity contribution in [1.29, 1.82) is 0 Å². The molecule has 5 heteroatoms. The Morgan fingerprint density at radius 2 is 1.67 bits per heavy atom. The van der Waals surface area contributed by atoms with Crippen molar-refractivity contribution in [2.45, 2.75) is 32.7 Å². The predicted molar refractivity (Wildman–Crippen MR) is 95.8 cm³/mol. The van der Waals surface area contributed by atoms with E-state index < -0.39 is 6.04 Å². The van der Waals surface area contributed by atoms with Crippen molar-refractivity contribution in [1.82, 2.24) is 5.43 Å². The normalized spacial score (nSPS) is 12.4. The summed E-state index contributed by atoms with van der Waals surface area (Å²) < 4.78 is 12.9. The van der Waals surface area contributed by atoms with Gasteiger partial charge in [0.1, 0.15) is 11.9 Å². The Bertz CT molecular complexity index is 694. The zero-order valence-electron chi connectivity index (χ0n) is 14.1. The van der Waals surface area contributed by atoms with Crippen LogP contribution < -0.4 is 10.7 Å². The molecule has 0 radical (unpaired) electrons. The third-order valence-corrected chi connectivity index (χ3v) is 3.61. The average molecular weight is 327 g/mol. The first-order valence-electron chi connectivity index (χ1n) is 7.90. The van der Waals surface area contributed by atoms with Gasteiger partial charge in [-0.3, -0.25) is 4.79 Å². The van der Waals surface area contributed by atoms with Gasteiger partial charge in [0.15, 0.2) is 0 Å². The number of anilines is 1. The number of rotatable bonds is 6. The van der Waals surface area contributed by atoms with E-state index in [9.17, 15) is 9.18 Å². The molecule has 2 rings (SSSR count). The Hall–Kier alpha value is -2.69. The summed E-state index contributed by atoms with van der Waals surface area (Å²) >= 11 is 0. The van der Waals surface area contributed by atoms with Gasteiger partial charge in [-0.2, -0.15) is 5.10 Å². The summed E-state index contributed by atoms with van der Waals surface area (Å²) in [5, 5.41) is 6.95. The molecule has 0 fully saturated rings. The maximum atomic E-state index is 12.9. The fourth-order valence-electron chi connectivity index (χ4n) is 2.10. The Morgan fingerprint density at radius 1 is 1.04 bits per heavy atom. The number of amides is 1. The number of benzene rings is 2. The minimum absolute atomic E-state index is 0.269. The molecule has 0 saturated heterocycles. The van der Waals surface area contributed by atoms with E-state index in [2.05, 4.69) is 29.7 Å². The molecule has 0 aliphatic heterocycles. The molecule has 4 nitrogen and oxygen atoms in total. The monoisotopic (exact) mass is 327 g/mol. The van der Waals surface area contributed by atoms with Crippen LogP contribution in [-0.2, 0) is 4.79 Å². The van der Waals surface area contributed by atoms with E-state index in [1.807, 2.05) is 24.3 Å². The summed E-state index contributed by atoms with van der Waals surface area (Å²) in [5.74, 6) is -0.103. The highest BCUT2D eigenvalue weighted by molar-refractivity contribution is 5.86. The van der Waals surface area contributed by atoms with Gasteiger partial charge < -0.3 is 5.32 Å². The lowest BCUT2D eigenvalue weighted by Crippen LogP contribution is -2.34. The molecule has 0 spiro atoms. The molecule has 126 valence electrons. The number of hydrazone groups is 1. The van der Waals surface area contributed by atoms with Crippen LogP contribution in [0.25, 0.3) is 0 Å². The summed E-state index contributed by atoms with van der Waals surface area (Å²) in [7, 11) is 0. The molecule has 1 atom stereocenters. The summed E-state index contributed by atoms with van der Waals surface area (Å²) in [6.07, 6.45) is 1.60. The highest BCUT2D eigenvalue weighted by Gasteiger charge is 2.11. The number of hydrogen-bond acceptors (Lipinski definition) is 3. The lowest BCUT2D eigenvalue weighted by molar-refractivity contribution is -0.121. The average Bonchev–Trinajstić information content (AvgIpc) is 2.57. The van der Waals surface area contributed by atoms with E-state index in [1.165, 1.54) is 17.7 Å². The summed E-state index contributed by atoms with van der Waals surface area (Å²) in [6.45, 7) is 5.99. The fraction of sp³-hybridized carbons (Fsp3) is 0.263. The highest BCUT2D eigenvalue weighted by Crippen LogP contribution is 2.14. The van der Waals surface area contributed by atoms with Crippen molar-refractivity contribution in [3.8, 4) is 0 Å². The molecule has 0 saturated carbocycles. The van der Waals surface area contributed by atoms with Gasteiger partial charge in [-0.05, 0) is 48.2 Å². The van der Waals surface area contributed by atoms with Gasteiger partial charge in [-0.25, -0.2) is 9.82 Å². The second-order valence-corrected chi connectivity index (χ2v) is 5.93.